The first-order valence-electron chi connectivity index (χ1n) is 18.6. The van der Waals surface area contributed by atoms with Gasteiger partial charge in [-0.1, -0.05) is 114 Å². The van der Waals surface area contributed by atoms with Gasteiger partial charge in [-0.05, 0) is 82.5 Å². The summed E-state index contributed by atoms with van der Waals surface area (Å²) in [4.78, 5) is 2.31. The molecule has 3 heterocycles. The van der Waals surface area contributed by atoms with Gasteiger partial charge in [0.15, 0.2) is 11.4 Å². The Morgan fingerprint density at radius 1 is 0.541 bits per heavy atom. The largest absolute Gasteiger partial charge is 0.347 e. The minimum atomic E-state index is -4.94. The molecule has 5 aromatic carbocycles. The molecule has 8 rings (SSSR count). The van der Waals surface area contributed by atoms with E-state index in [1.165, 1.54) is 16.9 Å². The van der Waals surface area contributed by atoms with Crippen LogP contribution in [0, 0.1) is 34.3 Å². The highest BCUT2D eigenvalue weighted by atomic mass is 35.7. The average Bonchev–Trinajstić information content (AvgIpc) is 3.81. The summed E-state index contributed by atoms with van der Waals surface area (Å²) < 4.78 is 76.5. The van der Waals surface area contributed by atoms with Gasteiger partial charge in [0.05, 0.1) is 0 Å². The highest BCUT2D eigenvalue weighted by molar-refractivity contribution is 5.77. The Kier molecular flexibility index (Phi) is 13.3. The Hall–Kier alpha value is -6.08. The van der Waals surface area contributed by atoms with Gasteiger partial charge >= 0.3 is 0 Å². The van der Waals surface area contributed by atoms with E-state index in [1.54, 1.807) is 0 Å². The second kappa shape index (κ2) is 18.3. The van der Waals surface area contributed by atoms with Crippen molar-refractivity contribution >= 4 is 11.3 Å². The molecular weight excluding hydrogens is 825 g/mol. The molecule has 0 saturated carbocycles. The highest BCUT2D eigenvalue weighted by Gasteiger charge is 2.39. The van der Waals surface area contributed by atoms with Crippen molar-refractivity contribution in [2.75, 3.05) is 11.9 Å². The molecule has 0 N–H and O–H groups in total. The number of hydrogen-bond donors (Lipinski definition) is 0. The lowest BCUT2D eigenvalue weighted by Gasteiger charge is -2.23. The third-order valence-electron chi connectivity index (χ3n) is 9.93. The molecule has 0 aliphatic carbocycles. The first kappa shape index (κ1) is 44.5. The fourth-order valence-corrected chi connectivity index (χ4v) is 7.38. The molecule has 17 heteroatoms. The minimum absolute atomic E-state index is 0.212. The molecule has 7 aromatic rings. The standard InChI is InChI=1S/C44H41N7.2ClHO4/c1-32-48(34-20-10-6-11-21-34)42(45-50(32)36-24-14-8-15-25-36)38(30-31-41-44(3,4)39-28-18-19-29-40(39)47(41)5)43-46-51(37-26-16-9-17-27-37)33(2)49(43)35-22-12-7-13-23-35;2*2-1(3,4)5/h6-31H,1-5H3;2*(H,2,3,4,5)/q+2;;/p-2. The zero-order chi connectivity index (χ0) is 44.1. The van der Waals surface area contributed by atoms with Crippen LogP contribution in [0.1, 0.15) is 42.7 Å². The summed E-state index contributed by atoms with van der Waals surface area (Å²) in [5.74, 6) is 3.49. The lowest BCUT2D eigenvalue weighted by molar-refractivity contribution is -2.00. The Labute approximate surface area is 356 Å². The Balaban J connectivity index is 0.000000560. The van der Waals surface area contributed by atoms with Crippen molar-refractivity contribution in [3.63, 3.8) is 0 Å². The van der Waals surface area contributed by atoms with Crippen molar-refractivity contribution < 1.29 is 67.1 Å². The van der Waals surface area contributed by atoms with E-state index in [2.05, 4.69) is 158 Å². The third-order valence-corrected chi connectivity index (χ3v) is 9.93. The molecule has 0 atom stereocenters. The van der Waals surface area contributed by atoms with Crippen LogP contribution in [0.2, 0.25) is 0 Å². The van der Waals surface area contributed by atoms with Gasteiger partial charge in [0.1, 0.15) is 16.9 Å². The number of rotatable bonds is 7. The second-order valence-corrected chi connectivity index (χ2v) is 15.7. The van der Waals surface area contributed by atoms with E-state index in [0.717, 1.165) is 51.6 Å². The fraction of sp³-hybridized carbons (Fsp3) is 0.136. The number of nitrogens with zero attached hydrogens (tertiary/aromatic N) is 7. The van der Waals surface area contributed by atoms with E-state index in [0.29, 0.717) is 0 Å². The van der Waals surface area contributed by atoms with Crippen molar-refractivity contribution in [1.29, 1.82) is 0 Å². The monoisotopic (exact) mass is 865 g/mol. The van der Waals surface area contributed by atoms with Crippen molar-refractivity contribution in [1.82, 2.24) is 19.3 Å². The van der Waals surface area contributed by atoms with Crippen LogP contribution in [0.3, 0.4) is 0 Å². The molecule has 0 bridgehead atoms. The maximum atomic E-state index is 8.49. The van der Waals surface area contributed by atoms with Crippen molar-refractivity contribution in [3.05, 3.63) is 192 Å². The molecular formula is C44H41Cl2N7O8. The first-order chi connectivity index (χ1) is 28.8. The molecule has 314 valence electrons. The molecule has 0 unspecified atom stereocenters. The maximum Gasteiger partial charge on any atom is 0.286 e. The molecule has 1 aliphatic heterocycles. The van der Waals surface area contributed by atoms with Crippen LogP contribution in [0.4, 0.5) is 5.69 Å². The van der Waals surface area contributed by atoms with Gasteiger partial charge < -0.3 is 4.90 Å². The molecule has 0 saturated heterocycles. The van der Waals surface area contributed by atoms with E-state index < -0.39 is 20.5 Å². The van der Waals surface area contributed by atoms with E-state index >= 15 is 0 Å². The molecule has 15 nitrogen and oxygen atoms in total. The number of anilines is 1. The van der Waals surface area contributed by atoms with E-state index in [4.69, 9.17) is 47.5 Å². The number of likely N-dealkylation sites (N-methyl/N-ethyl adjacent to an activating group) is 1. The van der Waals surface area contributed by atoms with Crippen LogP contribution in [0.5, 0.6) is 0 Å². The van der Waals surface area contributed by atoms with Gasteiger partial charge in [-0.15, -0.1) is 20.5 Å². The highest BCUT2D eigenvalue weighted by Crippen LogP contribution is 2.46. The summed E-state index contributed by atoms with van der Waals surface area (Å²) in [6, 6.07) is 50.2. The smallest absolute Gasteiger partial charge is 0.286 e. The topological polar surface area (TPSA) is 231 Å². The number of benzene rings is 5. The van der Waals surface area contributed by atoms with Gasteiger partial charge in [0, 0.05) is 37.7 Å². The number of fused-ring (bicyclic) bond motifs is 1. The van der Waals surface area contributed by atoms with Gasteiger partial charge in [0.25, 0.3) is 23.3 Å². The number of allylic oxidation sites excluding steroid dienone is 3. The SMILES string of the molecule is Cc1n(-c2ccccc2)c(C(=CC=C2N(C)c3ccccc3C2(C)C)c2n[n+](-c3ccccc3)c(C)n2-c2ccccc2)n[n+]1-c1ccccc1.[O-][Cl+3]([O-])([O-])[O-].[O-][Cl+3]([O-])([O-])[O-]. The average molecular weight is 867 g/mol. The second-order valence-electron chi connectivity index (χ2n) is 14.2. The van der Waals surface area contributed by atoms with Crippen LogP contribution >= 0.6 is 0 Å². The number of hydrogen-bond acceptors (Lipinski definition) is 11. The van der Waals surface area contributed by atoms with Gasteiger partial charge in [-0.2, -0.15) is 9.13 Å². The zero-order valence-electron chi connectivity index (χ0n) is 33.7. The lowest BCUT2D eigenvalue weighted by Crippen LogP contribution is -2.68. The summed E-state index contributed by atoms with van der Waals surface area (Å²) in [6.45, 7) is 8.84. The number of aromatic nitrogens is 6. The van der Waals surface area contributed by atoms with Gasteiger partial charge in [-0.25, -0.2) is 37.3 Å². The molecule has 1 aliphatic rings. The van der Waals surface area contributed by atoms with E-state index in [9.17, 15) is 0 Å². The van der Waals surface area contributed by atoms with E-state index in [1.807, 2.05) is 57.9 Å². The van der Waals surface area contributed by atoms with Crippen LogP contribution in [0.25, 0.3) is 28.3 Å². The van der Waals surface area contributed by atoms with Crippen LogP contribution < -0.4 is 51.5 Å². The summed E-state index contributed by atoms with van der Waals surface area (Å²) >= 11 is 0. The lowest BCUT2D eigenvalue weighted by atomic mass is 9.83. The predicted octanol–water partition coefficient (Wildman–Crippen LogP) is -1.54. The Bertz CT molecular complexity index is 2490. The van der Waals surface area contributed by atoms with Crippen molar-refractivity contribution in [2.24, 2.45) is 0 Å². The van der Waals surface area contributed by atoms with Crippen LogP contribution in [0.15, 0.2) is 163 Å². The molecule has 0 spiro atoms. The molecule has 0 amide bonds. The number of halogens is 2. The first-order valence-corrected chi connectivity index (χ1v) is 21.1. The summed E-state index contributed by atoms with van der Waals surface area (Å²) in [7, 11) is -7.73. The molecule has 61 heavy (non-hydrogen) atoms. The molecule has 0 radical (unpaired) electrons. The predicted molar refractivity (Wildman–Crippen MR) is 203 cm³/mol. The quantitative estimate of drug-likeness (QED) is 0.167. The van der Waals surface area contributed by atoms with Crippen molar-refractivity contribution in [3.8, 4) is 22.7 Å². The Morgan fingerprint density at radius 3 is 1.26 bits per heavy atom. The Morgan fingerprint density at radius 2 is 0.885 bits per heavy atom. The number of para-hydroxylation sites is 5. The van der Waals surface area contributed by atoms with Crippen molar-refractivity contribution in [2.45, 2.75) is 33.1 Å². The fourth-order valence-electron chi connectivity index (χ4n) is 7.38. The van der Waals surface area contributed by atoms with Crippen LogP contribution in [-0.4, -0.2) is 26.4 Å². The third kappa shape index (κ3) is 10.5. The summed E-state index contributed by atoms with van der Waals surface area (Å²) in [5, 5.41) is 10.9. The molecule has 2 aromatic heterocycles. The molecule has 0 fully saturated rings. The minimum Gasteiger partial charge on any atom is -0.347 e. The van der Waals surface area contributed by atoms with E-state index in [-0.39, 0.29) is 5.41 Å². The van der Waals surface area contributed by atoms with Crippen LogP contribution in [-0.2, 0) is 5.41 Å². The van der Waals surface area contributed by atoms with Gasteiger partial charge in [-0.3, -0.25) is 0 Å². The zero-order valence-corrected chi connectivity index (χ0v) is 35.2. The summed E-state index contributed by atoms with van der Waals surface area (Å²) in [6.07, 6.45) is 4.47. The maximum absolute atomic E-state index is 8.49. The van der Waals surface area contributed by atoms with Gasteiger partial charge in [0.2, 0.25) is 0 Å². The summed E-state index contributed by atoms with van der Waals surface area (Å²) in [5.41, 5.74) is 8.38. The normalized spacial score (nSPS) is 13.8.